The van der Waals surface area contributed by atoms with Crippen molar-refractivity contribution in [2.24, 2.45) is 23.0 Å². The third kappa shape index (κ3) is 1.75. The Morgan fingerprint density at radius 1 is 1.23 bits per heavy atom. The average Bonchev–Trinajstić information content (AvgIpc) is 2.84. The van der Waals surface area contributed by atoms with Crippen LogP contribution in [0.1, 0.15) is 44.0 Å². The number of hydrogen-bond donors (Lipinski definition) is 1. The molecule has 5 heteroatoms. The smallest absolute Gasteiger partial charge is 0.402 e. The van der Waals surface area contributed by atoms with Crippen molar-refractivity contribution in [2.45, 2.75) is 45.3 Å². The van der Waals surface area contributed by atoms with Crippen molar-refractivity contribution in [3.05, 3.63) is 29.8 Å². The molecule has 1 aromatic carbocycles. The van der Waals surface area contributed by atoms with Gasteiger partial charge >= 0.3 is 7.12 Å². The minimum Gasteiger partial charge on any atom is -0.402 e. The van der Waals surface area contributed by atoms with Crippen LogP contribution in [-0.4, -0.2) is 24.7 Å². The predicted octanol–water partition coefficient (Wildman–Crippen LogP) is 1.72. The minimum atomic E-state index is -0.414. The lowest BCUT2D eigenvalue weighted by atomic mass is 9.43. The lowest BCUT2D eigenvalue weighted by Gasteiger charge is -2.64. The number of carbonyl (C=O) groups excluding carboxylic acids is 1. The van der Waals surface area contributed by atoms with Gasteiger partial charge in [0.1, 0.15) is 0 Å². The molecular formula is C17H22BNO3. The summed E-state index contributed by atoms with van der Waals surface area (Å²) in [5.74, 6) is 0.886. The van der Waals surface area contributed by atoms with Gasteiger partial charge in [-0.15, -0.1) is 0 Å². The third-order valence-corrected chi connectivity index (χ3v) is 6.42. The zero-order chi connectivity index (χ0) is 15.7. The van der Waals surface area contributed by atoms with Crippen molar-refractivity contribution in [3.63, 3.8) is 0 Å². The standard InChI is InChI=1S/C17H22BNO3/c1-16(2)11-8-13(16)17(3)14(9-11)21-18(22-17)12-6-4-10(5-7-12)15(19)20/h4-7,11,13-14H,8-9H2,1-3H3,(H2,19,20)/t11-,13-,14+,17-/m0/s1. The molecule has 1 aromatic rings. The van der Waals surface area contributed by atoms with E-state index in [0.29, 0.717) is 16.9 Å². The number of carbonyl (C=O) groups is 1. The quantitative estimate of drug-likeness (QED) is 0.846. The second-order valence-electron chi connectivity index (χ2n) is 7.79. The van der Waals surface area contributed by atoms with E-state index in [9.17, 15) is 4.79 Å². The van der Waals surface area contributed by atoms with Gasteiger partial charge in [0.2, 0.25) is 5.91 Å². The highest BCUT2D eigenvalue weighted by molar-refractivity contribution is 6.62. The number of benzene rings is 1. The van der Waals surface area contributed by atoms with E-state index in [1.54, 1.807) is 12.1 Å². The molecule has 4 nitrogen and oxygen atoms in total. The van der Waals surface area contributed by atoms with Crippen LogP contribution in [0.5, 0.6) is 0 Å². The monoisotopic (exact) mass is 299 g/mol. The lowest BCUT2D eigenvalue weighted by Crippen LogP contribution is -2.65. The van der Waals surface area contributed by atoms with Crippen molar-refractivity contribution in [1.82, 2.24) is 0 Å². The van der Waals surface area contributed by atoms with Crippen LogP contribution in [0.4, 0.5) is 0 Å². The number of amides is 1. The fourth-order valence-electron chi connectivity index (χ4n) is 4.81. The number of hydrogen-bond acceptors (Lipinski definition) is 3. The molecule has 5 rings (SSSR count). The van der Waals surface area contributed by atoms with Crippen LogP contribution in [-0.2, 0) is 9.31 Å². The second kappa shape index (κ2) is 4.36. The maximum absolute atomic E-state index is 11.2. The van der Waals surface area contributed by atoms with E-state index in [2.05, 4.69) is 20.8 Å². The van der Waals surface area contributed by atoms with Crippen LogP contribution in [0.15, 0.2) is 24.3 Å². The summed E-state index contributed by atoms with van der Waals surface area (Å²) in [7, 11) is -0.341. The number of rotatable bonds is 2. The van der Waals surface area contributed by atoms with Crippen LogP contribution in [0.25, 0.3) is 0 Å². The second-order valence-corrected chi connectivity index (χ2v) is 7.79. The summed E-state index contributed by atoms with van der Waals surface area (Å²) in [5, 5.41) is 0. The average molecular weight is 299 g/mol. The van der Waals surface area contributed by atoms with E-state index in [-0.39, 0.29) is 18.8 Å². The van der Waals surface area contributed by atoms with E-state index < -0.39 is 5.91 Å². The van der Waals surface area contributed by atoms with Crippen LogP contribution in [0.3, 0.4) is 0 Å². The maximum atomic E-state index is 11.2. The Hall–Kier alpha value is -1.33. The van der Waals surface area contributed by atoms with E-state index in [1.165, 1.54) is 6.42 Å². The van der Waals surface area contributed by atoms with Gasteiger partial charge in [-0.05, 0) is 54.6 Å². The van der Waals surface area contributed by atoms with E-state index in [1.807, 2.05) is 12.1 Å². The van der Waals surface area contributed by atoms with Crippen LogP contribution < -0.4 is 11.2 Å². The Balaban J connectivity index is 1.58. The Labute approximate surface area is 131 Å². The van der Waals surface area contributed by atoms with Crippen molar-refractivity contribution in [1.29, 1.82) is 0 Å². The normalized spacial score (nSPS) is 38.3. The molecule has 0 unspecified atom stereocenters. The zero-order valence-corrected chi connectivity index (χ0v) is 13.3. The summed E-state index contributed by atoms with van der Waals surface area (Å²) in [6.07, 6.45) is 2.50. The Morgan fingerprint density at radius 3 is 2.50 bits per heavy atom. The van der Waals surface area contributed by atoms with Crippen molar-refractivity contribution < 1.29 is 14.1 Å². The van der Waals surface area contributed by atoms with E-state index in [0.717, 1.165) is 17.8 Å². The highest BCUT2D eigenvalue weighted by Crippen LogP contribution is 2.65. The highest BCUT2D eigenvalue weighted by Gasteiger charge is 2.67. The molecule has 1 aliphatic heterocycles. The van der Waals surface area contributed by atoms with E-state index >= 15 is 0 Å². The van der Waals surface area contributed by atoms with Gasteiger partial charge in [-0.1, -0.05) is 26.0 Å². The van der Waals surface area contributed by atoms with E-state index in [4.69, 9.17) is 15.0 Å². The Kier molecular flexibility index (Phi) is 2.83. The first-order chi connectivity index (χ1) is 10.3. The summed E-state index contributed by atoms with van der Waals surface area (Å²) in [6, 6.07) is 7.22. The topological polar surface area (TPSA) is 61.5 Å². The van der Waals surface area contributed by atoms with Gasteiger partial charge < -0.3 is 15.0 Å². The molecule has 1 heterocycles. The van der Waals surface area contributed by atoms with Crippen molar-refractivity contribution >= 4 is 18.5 Å². The van der Waals surface area contributed by atoms with Gasteiger partial charge in [-0.3, -0.25) is 4.79 Å². The Morgan fingerprint density at radius 2 is 1.91 bits per heavy atom. The van der Waals surface area contributed by atoms with Crippen molar-refractivity contribution in [2.75, 3.05) is 0 Å². The number of primary amides is 1. The molecule has 0 radical (unpaired) electrons. The Bertz CT molecular complexity index is 629. The molecule has 4 aliphatic rings. The molecule has 4 fully saturated rings. The minimum absolute atomic E-state index is 0.171. The van der Waals surface area contributed by atoms with Crippen LogP contribution in [0.2, 0.25) is 0 Å². The zero-order valence-electron chi connectivity index (χ0n) is 13.3. The highest BCUT2D eigenvalue weighted by atomic mass is 16.7. The van der Waals surface area contributed by atoms with Gasteiger partial charge in [0.25, 0.3) is 0 Å². The van der Waals surface area contributed by atoms with Crippen LogP contribution in [0, 0.1) is 17.3 Å². The fraction of sp³-hybridized carbons (Fsp3) is 0.588. The predicted molar refractivity (Wildman–Crippen MR) is 84.7 cm³/mol. The number of nitrogens with two attached hydrogens (primary N) is 1. The molecule has 1 saturated heterocycles. The SMILES string of the molecule is CC1(C)[C@@H]2C[C@H]3OB(c4ccc(C(N)=O)cc4)O[C@@]3(C)[C@H]1C2. The summed E-state index contributed by atoms with van der Waals surface area (Å²) in [5.41, 5.74) is 6.89. The van der Waals surface area contributed by atoms with Crippen LogP contribution >= 0.6 is 0 Å². The molecule has 3 aliphatic carbocycles. The molecule has 0 spiro atoms. The molecule has 116 valence electrons. The molecule has 4 atom stereocenters. The third-order valence-electron chi connectivity index (χ3n) is 6.42. The van der Waals surface area contributed by atoms with Gasteiger partial charge in [-0.25, -0.2) is 0 Å². The summed E-state index contributed by atoms with van der Waals surface area (Å²) in [6.45, 7) is 6.91. The first-order valence-corrected chi connectivity index (χ1v) is 8.05. The molecule has 22 heavy (non-hydrogen) atoms. The first-order valence-electron chi connectivity index (χ1n) is 8.05. The fourth-order valence-corrected chi connectivity index (χ4v) is 4.81. The first kappa shape index (κ1) is 14.3. The lowest BCUT2D eigenvalue weighted by molar-refractivity contribution is -0.199. The molecular weight excluding hydrogens is 277 g/mol. The van der Waals surface area contributed by atoms with Gasteiger partial charge in [0.05, 0.1) is 11.7 Å². The molecule has 1 amide bonds. The summed E-state index contributed by atoms with van der Waals surface area (Å²) < 4.78 is 12.6. The van der Waals surface area contributed by atoms with Gasteiger partial charge in [-0.2, -0.15) is 0 Å². The van der Waals surface area contributed by atoms with Gasteiger partial charge in [0.15, 0.2) is 0 Å². The molecule has 2 bridgehead atoms. The van der Waals surface area contributed by atoms with Crippen molar-refractivity contribution in [3.8, 4) is 0 Å². The maximum Gasteiger partial charge on any atom is 0.494 e. The largest absolute Gasteiger partial charge is 0.494 e. The summed E-state index contributed by atoms with van der Waals surface area (Å²) in [4.78, 5) is 11.2. The van der Waals surface area contributed by atoms with Gasteiger partial charge in [0, 0.05) is 5.56 Å². The molecule has 3 saturated carbocycles. The molecule has 0 aromatic heterocycles. The molecule has 2 N–H and O–H groups in total. The summed E-state index contributed by atoms with van der Waals surface area (Å²) >= 11 is 0.